The first kappa shape index (κ1) is 35.2. The zero-order valence-electron chi connectivity index (χ0n) is 33.1. The summed E-state index contributed by atoms with van der Waals surface area (Å²) in [5.74, 6) is 0. The van der Waals surface area contributed by atoms with E-state index >= 15 is 0 Å². The van der Waals surface area contributed by atoms with Gasteiger partial charge in [0, 0.05) is 47.9 Å². The molecule has 12 aromatic rings. The van der Waals surface area contributed by atoms with Gasteiger partial charge in [0.2, 0.25) is 0 Å². The largest absolute Gasteiger partial charge is 0.456 e. The first-order valence-electron chi connectivity index (χ1n) is 20.7. The summed E-state index contributed by atoms with van der Waals surface area (Å²) in [7, 11) is 0. The van der Waals surface area contributed by atoms with Crippen LogP contribution in [-0.2, 0) is 0 Å². The quantitative estimate of drug-likeness (QED) is 0.160. The number of furan rings is 1. The van der Waals surface area contributed by atoms with Crippen molar-refractivity contribution in [3.63, 3.8) is 0 Å². The predicted molar refractivity (Wildman–Crippen MR) is 261 cm³/mol. The van der Waals surface area contributed by atoms with Gasteiger partial charge in [-0.05, 0) is 123 Å². The van der Waals surface area contributed by atoms with Crippen LogP contribution in [0.4, 0.5) is 17.1 Å². The standard InChI is InChI=1S/C58H37NOS/c1-2-12-41-36-44(24-23-38(41)11-1)43-14-9-13-42(35-43)39-25-30-46(31-26-39)59(47-32-27-40(28-33-47)45-29-34-50-49-16-4-7-20-54(49)60-55(50)37-45)53-19-6-3-15-48(53)51-18-10-22-57-58(51)52-17-5-8-21-56(52)61-57/h1-37H. The summed E-state index contributed by atoms with van der Waals surface area (Å²) in [6.45, 7) is 0. The van der Waals surface area contributed by atoms with Gasteiger partial charge in [0.15, 0.2) is 0 Å². The molecule has 0 atom stereocenters. The molecule has 2 aromatic heterocycles. The molecule has 0 amide bonds. The van der Waals surface area contributed by atoms with Gasteiger partial charge in [-0.2, -0.15) is 0 Å². The van der Waals surface area contributed by atoms with Gasteiger partial charge in [0.25, 0.3) is 0 Å². The van der Waals surface area contributed by atoms with Gasteiger partial charge < -0.3 is 9.32 Å². The van der Waals surface area contributed by atoms with Crippen LogP contribution in [0.5, 0.6) is 0 Å². The molecule has 0 saturated heterocycles. The zero-order chi connectivity index (χ0) is 40.3. The van der Waals surface area contributed by atoms with Crippen LogP contribution in [0.2, 0.25) is 0 Å². The predicted octanol–water partition coefficient (Wildman–Crippen LogP) is 17.2. The Bertz CT molecular complexity index is 3590. The van der Waals surface area contributed by atoms with Gasteiger partial charge in [-0.3, -0.25) is 0 Å². The number of rotatable bonds is 7. The Labute approximate surface area is 357 Å². The molecule has 0 aliphatic heterocycles. The van der Waals surface area contributed by atoms with E-state index in [0.717, 1.165) is 50.1 Å². The highest BCUT2D eigenvalue weighted by Gasteiger charge is 2.20. The number of para-hydroxylation sites is 2. The molecule has 0 saturated carbocycles. The first-order chi connectivity index (χ1) is 30.2. The number of thiophene rings is 1. The Balaban J connectivity index is 0.967. The van der Waals surface area contributed by atoms with Crippen molar-refractivity contribution in [2.45, 2.75) is 0 Å². The lowest BCUT2D eigenvalue weighted by molar-refractivity contribution is 0.669. The third-order valence-electron chi connectivity index (χ3n) is 12.1. The van der Waals surface area contributed by atoms with Crippen LogP contribution < -0.4 is 4.90 Å². The average molecular weight is 796 g/mol. The molecule has 61 heavy (non-hydrogen) atoms. The maximum absolute atomic E-state index is 6.28. The van der Waals surface area contributed by atoms with E-state index in [0.29, 0.717) is 0 Å². The second-order valence-corrected chi connectivity index (χ2v) is 16.8. The second-order valence-electron chi connectivity index (χ2n) is 15.7. The lowest BCUT2D eigenvalue weighted by Gasteiger charge is -2.28. The minimum atomic E-state index is 0.899. The summed E-state index contributed by atoms with van der Waals surface area (Å²) >= 11 is 1.86. The topological polar surface area (TPSA) is 16.4 Å². The van der Waals surface area contributed by atoms with Crippen LogP contribution in [0.25, 0.3) is 97.4 Å². The van der Waals surface area contributed by atoms with Crippen LogP contribution >= 0.6 is 11.3 Å². The van der Waals surface area contributed by atoms with Crippen LogP contribution in [0.1, 0.15) is 0 Å². The van der Waals surface area contributed by atoms with E-state index in [-0.39, 0.29) is 0 Å². The maximum Gasteiger partial charge on any atom is 0.136 e. The summed E-state index contributed by atoms with van der Waals surface area (Å²) in [6.07, 6.45) is 0. The van der Waals surface area contributed by atoms with E-state index in [4.69, 9.17) is 4.42 Å². The van der Waals surface area contributed by atoms with Crippen molar-refractivity contribution in [2.24, 2.45) is 0 Å². The van der Waals surface area contributed by atoms with Gasteiger partial charge >= 0.3 is 0 Å². The number of hydrogen-bond donors (Lipinski definition) is 0. The van der Waals surface area contributed by atoms with Crippen molar-refractivity contribution in [1.29, 1.82) is 0 Å². The highest BCUT2D eigenvalue weighted by atomic mass is 32.1. The molecule has 3 heteroatoms. The molecule has 0 aliphatic rings. The SMILES string of the molecule is c1cc(-c2ccc(N(c3ccc(-c4ccc5c(c4)oc4ccccc45)cc3)c3ccccc3-c3cccc4sc5ccccc5c34)cc2)cc(-c2ccc3ccccc3c2)c1. The fourth-order valence-corrected chi connectivity index (χ4v) is 10.2. The van der Waals surface area contributed by atoms with Crippen molar-refractivity contribution >= 4 is 81.3 Å². The number of fused-ring (bicyclic) bond motifs is 7. The number of nitrogens with zero attached hydrogens (tertiary/aromatic N) is 1. The molecule has 2 nitrogen and oxygen atoms in total. The molecular formula is C58H37NOS. The molecule has 2 heterocycles. The third kappa shape index (κ3) is 6.18. The van der Waals surface area contributed by atoms with Crippen LogP contribution in [0.15, 0.2) is 229 Å². The van der Waals surface area contributed by atoms with E-state index in [2.05, 4.69) is 217 Å². The van der Waals surface area contributed by atoms with Crippen LogP contribution in [0.3, 0.4) is 0 Å². The molecule has 0 spiro atoms. The monoisotopic (exact) mass is 795 g/mol. The molecular weight excluding hydrogens is 759 g/mol. The number of hydrogen-bond acceptors (Lipinski definition) is 3. The average Bonchev–Trinajstić information content (AvgIpc) is 3.90. The van der Waals surface area contributed by atoms with Gasteiger partial charge in [-0.1, -0.05) is 152 Å². The summed E-state index contributed by atoms with van der Waals surface area (Å²) in [5, 5.41) is 7.37. The van der Waals surface area contributed by atoms with Crippen LogP contribution in [-0.4, -0.2) is 0 Å². The van der Waals surface area contributed by atoms with Crippen molar-refractivity contribution < 1.29 is 4.42 Å². The number of benzene rings is 10. The Morgan fingerprint density at radius 1 is 0.328 bits per heavy atom. The molecule has 10 aromatic carbocycles. The second kappa shape index (κ2) is 14.5. The molecule has 0 unspecified atom stereocenters. The molecule has 0 bridgehead atoms. The molecule has 12 rings (SSSR count). The van der Waals surface area contributed by atoms with Crippen LogP contribution in [0, 0.1) is 0 Å². The van der Waals surface area contributed by atoms with E-state index in [1.807, 2.05) is 23.5 Å². The summed E-state index contributed by atoms with van der Waals surface area (Å²) in [5.41, 5.74) is 14.5. The molecule has 0 aliphatic carbocycles. The van der Waals surface area contributed by atoms with Gasteiger partial charge in [0.1, 0.15) is 11.2 Å². The zero-order valence-corrected chi connectivity index (χ0v) is 33.9. The molecule has 0 N–H and O–H groups in total. The minimum absolute atomic E-state index is 0.899. The van der Waals surface area contributed by atoms with Crippen molar-refractivity contribution in [1.82, 2.24) is 0 Å². The Morgan fingerprint density at radius 2 is 0.885 bits per heavy atom. The van der Waals surface area contributed by atoms with Crippen molar-refractivity contribution in [3.05, 3.63) is 224 Å². The fraction of sp³-hybridized carbons (Fsp3) is 0. The minimum Gasteiger partial charge on any atom is -0.456 e. The highest BCUT2D eigenvalue weighted by molar-refractivity contribution is 7.25. The smallest absolute Gasteiger partial charge is 0.136 e. The maximum atomic E-state index is 6.28. The summed E-state index contributed by atoms with van der Waals surface area (Å²) < 4.78 is 8.87. The van der Waals surface area contributed by atoms with Gasteiger partial charge in [-0.25, -0.2) is 0 Å². The molecule has 0 fully saturated rings. The normalized spacial score (nSPS) is 11.6. The van der Waals surface area contributed by atoms with E-state index in [9.17, 15) is 0 Å². The first-order valence-corrected chi connectivity index (χ1v) is 21.5. The summed E-state index contributed by atoms with van der Waals surface area (Å²) in [6, 6.07) is 81.3. The van der Waals surface area contributed by atoms with E-state index in [1.54, 1.807) is 0 Å². The van der Waals surface area contributed by atoms with E-state index in [1.165, 1.54) is 64.3 Å². The molecule has 286 valence electrons. The Hall–Kier alpha value is -7.72. The Morgan fingerprint density at radius 3 is 1.70 bits per heavy atom. The van der Waals surface area contributed by atoms with Crippen molar-refractivity contribution in [2.75, 3.05) is 4.90 Å². The lowest BCUT2D eigenvalue weighted by atomic mass is 9.96. The van der Waals surface area contributed by atoms with Gasteiger partial charge in [-0.15, -0.1) is 11.3 Å². The molecule has 0 radical (unpaired) electrons. The summed E-state index contributed by atoms with van der Waals surface area (Å²) in [4.78, 5) is 2.41. The Kier molecular flexibility index (Phi) is 8.39. The highest BCUT2D eigenvalue weighted by Crippen LogP contribution is 2.46. The van der Waals surface area contributed by atoms with Crippen molar-refractivity contribution in [3.8, 4) is 44.5 Å². The lowest BCUT2D eigenvalue weighted by Crippen LogP contribution is -2.11. The van der Waals surface area contributed by atoms with E-state index < -0.39 is 0 Å². The fourth-order valence-electron chi connectivity index (χ4n) is 9.08. The number of anilines is 3. The third-order valence-corrected chi connectivity index (χ3v) is 13.2. The van der Waals surface area contributed by atoms with Gasteiger partial charge in [0.05, 0.1) is 5.69 Å².